The summed E-state index contributed by atoms with van der Waals surface area (Å²) in [6.07, 6.45) is 3.07. The number of H-pyrrole nitrogens is 1. The maximum Gasteiger partial charge on any atom is 0.262 e. The molecule has 0 unspecified atom stereocenters. The van der Waals surface area contributed by atoms with Gasteiger partial charge in [-0.2, -0.15) is 10.4 Å². The molecule has 146 valence electrons. The molecule has 0 saturated heterocycles. The molecule has 1 heterocycles. The predicted molar refractivity (Wildman–Crippen MR) is 109 cm³/mol. The third-order valence-electron chi connectivity index (χ3n) is 4.30. The van der Waals surface area contributed by atoms with Gasteiger partial charge in [-0.1, -0.05) is 30.3 Å². The number of aromatic nitrogens is 2. The Balaban J connectivity index is 1.84. The van der Waals surface area contributed by atoms with Gasteiger partial charge in [-0.05, 0) is 29.8 Å². The number of hydrogen-bond acceptors (Lipinski definition) is 5. The van der Waals surface area contributed by atoms with E-state index in [1.54, 1.807) is 32.5 Å². The molecule has 29 heavy (non-hydrogen) atoms. The van der Waals surface area contributed by atoms with Gasteiger partial charge >= 0.3 is 0 Å². The molecular weight excluding hydrogens is 368 g/mol. The van der Waals surface area contributed by atoms with Crippen molar-refractivity contribution in [1.29, 1.82) is 5.26 Å². The number of carbonyl (C=O) groups excluding carboxylic acids is 1. The van der Waals surface area contributed by atoms with Crippen LogP contribution in [-0.4, -0.2) is 30.3 Å². The van der Waals surface area contributed by atoms with E-state index in [2.05, 4.69) is 15.5 Å². The van der Waals surface area contributed by atoms with Crippen LogP contribution in [0.25, 0.3) is 17.3 Å². The normalized spacial score (nSPS) is 10.9. The lowest BCUT2D eigenvalue weighted by Crippen LogP contribution is -2.23. The standard InChI is InChI=1S/C22H20N4O3/c1-28-19-9-8-16(11-20(19)29-2)21-18(14-25-26-21)10-17(12-23)22(27)24-13-15-6-4-3-5-7-15/h3-11,14H,13H2,1-2H3,(H,24,27)(H,25,26)/b17-10+. The fraction of sp³-hybridized carbons (Fsp3) is 0.136. The predicted octanol–water partition coefficient (Wildman–Crippen LogP) is 3.32. The summed E-state index contributed by atoms with van der Waals surface area (Å²) < 4.78 is 10.6. The highest BCUT2D eigenvalue weighted by molar-refractivity contribution is 6.02. The molecule has 3 rings (SSSR count). The number of benzene rings is 2. The van der Waals surface area contributed by atoms with Crippen LogP contribution in [-0.2, 0) is 11.3 Å². The van der Waals surface area contributed by atoms with Crippen LogP contribution < -0.4 is 14.8 Å². The molecule has 0 atom stereocenters. The number of rotatable bonds is 7. The smallest absolute Gasteiger partial charge is 0.262 e. The first-order chi connectivity index (χ1) is 14.2. The van der Waals surface area contributed by atoms with Crippen molar-refractivity contribution in [3.63, 3.8) is 0 Å². The van der Waals surface area contributed by atoms with Gasteiger partial charge in [-0.3, -0.25) is 9.89 Å². The number of carbonyl (C=O) groups is 1. The minimum Gasteiger partial charge on any atom is -0.493 e. The van der Waals surface area contributed by atoms with Crippen LogP contribution >= 0.6 is 0 Å². The monoisotopic (exact) mass is 388 g/mol. The van der Waals surface area contributed by atoms with Crippen molar-refractivity contribution in [2.45, 2.75) is 6.54 Å². The first-order valence-electron chi connectivity index (χ1n) is 8.86. The van der Waals surface area contributed by atoms with Gasteiger partial charge in [0.05, 0.1) is 26.1 Å². The van der Waals surface area contributed by atoms with Crippen molar-refractivity contribution in [2.24, 2.45) is 0 Å². The topological polar surface area (TPSA) is 100 Å². The molecule has 0 aliphatic heterocycles. The van der Waals surface area contributed by atoms with Crippen molar-refractivity contribution in [3.8, 4) is 28.8 Å². The lowest BCUT2D eigenvalue weighted by Gasteiger charge is -2.09. The van der Waals surface area contributed by atoms with Gasteiger partial charge in [0.1, 0.15) is 11.6 Å². The highest BCUT2D eigenvalue weighted by atomic mass is 16.5. The molecule has 0 aliphatic carbocycles. The van der Waals surface area contributed by atoms with Gasteiger partial charge in [-0.15, -0.1) is 0 Å². The Morgan fingerprint density at radius 3 is 2.62 bits per heavy atom. The number of aromatic amines is 1. The third kappa shape index (κ3) is 4.62. The second kappa shape index (κ2) is 9.24. The molecule has 0 bridgehead atoms. The lowest BCUT2D eigenvalue weighted by atomic mass is 10.1. The first kappa shape index (κ1) is 19.7. The van der Waals surface area contributed by atoms with E-state index in [4.69, 9.17) is 9.47 Å². The summed E-state index contributed by atoms with van der Waals surface area (Å²) >= 11 is 0. The summed E-state index contributed by atoms with van der Waals surface area (Å²) in [5, 5.41) is 19.2. The largest absolute Gasteiger partial charge is 0.493 e. The summed E-state index contributed by atoms with van der Waals surface area (Å²) in [6, 6.07) is 16.9. The zero-order chi connectivity index (χ0) is 20.6. The highest BCUT2D eigenvalue weighted by Gasteiger charge is 2.14. The molecule has 0 fully saturated rings. The Morgan fingerprint density at radius 2 is 1.93 bits per heavy atom. The summed E-state index contributed by atoms with van der Waals surface area (Å²) in [4.78, 5) is 12.4. The SMILES string of the molecule is COc1ccc(-c2[nH]ncc2/C=C(\C#N)C(=O)NCc2ccccc2)cc1OC. The van der Waals surface area contributed by atoms with E-state index in [1.165, 1.54) is 6.08 Å². The van der Waals surface area contributed by atoms with Gasteiger partial charge in [0.15, 0.2) is 11.5 Å². The maximum absolute atomic E-state index is 12.4. The van der Waals surface area contributed by atoms with E-state index >= 15 is 0 Å². The average Bonchev–Trinajstić information content (AvgIpc) is 3.24. The number of nitrogens with one attached hydrogen (secondary N) is 2. The summed E-state index contributed by atoms with van der Waals surface area (Å²) in [5.74, 6) is 0.720. The van der Waals surface area contributed by atoms with Crippen LogP contribution in [0.5, 0.6) is 11.5 Å². The minimum absolute atomic E-state index is 0.0101. The Bertz CT molecular complexity index is 1070. The van der Waals surface area contributed by atoms with Crippen LogP contribution in [0.2, 0.25) is 0 Å². The number of hydrogen-bond donors (Lipinski definition) is 2. The zero-order valence-electron chi connectivity index (χ0n) is 16.1. The molecular formula is C22H20N4O3. The van der Waals surface area contributed by atoms with E-state index in [1.807, 2.05) is 42.5 Å². The molecule has 1 aromatic heterocycles. The molecule has 3 aromatic rings. The average molecular weight is 388 g/mol. The van der Waals surface area contributed by atoms with Crippen molar-refractivity contribution < 1.29 is 14.3 Å². The van der Waals surface area contributed by atoms with E-state index in [-0.39, 0.29) is 5.57 Å². The molecule has 7 heteroatoms. The Morgan fingerprint density at radius 1 is 1.17 bits per heavy atom. The second-order valence-electron chi connectivity index (χ2n) is 6.11. The Hall–Kier alpha value is -4.05. The number of nitriles is 1. The minimum atomic E-state index is -0.448. The van der Waals surface area contributed by atoms with Crippen LogP contribution in [0.3, 0.4) is 0 Å². The van der Waals surface area contributed by atoms with E-state index < -0.39 is 5.91 Å². The van der Waals surface area contributed by atoms with Gasteiger partial charge < -0.3 is 14.8 Å². The zero-order valence-corrected chi connectivity index (χ0v) is 16.1. The van der Waals surface area contributed by atoms with Crippen LogP contribution in [0.1, 0.15) is 11.1 Å². The molecule has 0 radical (unpaired) electrons. The van der Waals surface area contributed by atoms with E-state index in [0.717, 1.165) is 11.1 Å². The quantitative estimate of drug-likeness (QED) is 0.478. The van der Waals surface area contributed by atoms with Crippen molar-refractivity contribution in [1.82, 2.24) is 15.5 Å². The number of amides is 1. The number of methoxy groups -OCH3 is 2. The maximum atomic E-state index is 12.4. The van der Waals surface area contributed by atoms with Crippen LogP contribution in [0.15, 0.2) is 60.3 Å². The lowest BCUT2D eigenvalue weighted by molar-refractivity contribution is -0.117. The third-order valence-corrected chi connectivity index (χ3v) is 4.30. The van der Waals surface area contributed by atoms with Gasteiger partial charge in [0.2, 0.25) is 0 Å². The molecule has 0 aliphatic rings. The Labute approximate surface area is 168 Å². The van der Waals surface area contributed by atoms with Crippen molar-refractivity contribution in [3.05, 3.63) is 71.4 Å². The van der Waals surface area contributed by atoms with Crippen LogP contribution in [0.4, 0.5) is 0 Å². The van der Waals surface area contributed by atoms with Crippen molar-refractivity contribution >= 4 is 12.0 Å². The number of nitrogens with zero attached hydrogens (tertiary/aromatic N) is 2. The molecule has 2 N–H and O–H groups in total. The molecule has 7 nitrogen and oxygen atoms in total. The summed E-state index contributed by atoms with van der Waals surface area (Å²) in [7, 11) is 3.12. The van der Waals surface area contributed by atoms with Gasteiger partial charge in [0, 0.05) is 17.7 Å². The van der Waals surface area contributed by atoms with E-state index in [9.17, 15) is 10.1 Å². The second-order valence-corrected chi connectivity index (χ2v) is 6.11. The van der Waals surface area contributed by atoms with Gasteiger partial charge in [0.25, 0.3) is 5.91 Å². The fourth-order valence-corrected chi connectivity index (χ4v) is 2.81. The number of ether oxygens (including phenoxy) is 2. The Kier molecular flexibility index (Phi) is 6.28. The molecule has 0 saturated carbocycles. The fourth-order valence-electron chi connectivity index (χ4n) is 2.81. The van der Waals surface area contributed by atoms with Gasteiger partial charge in [-0.25, -0.2) is 0 Å². The molecule has 2 aromatic carbocycles. The van der Waals surface area contributed by atoms with Crippen molar-refractivity contribution in [2.75, 3.05) is 14.2 Å². The first-order valence-corrected chi connectivity index (χ1v) is 8.86. The summed E-state index contributed by atoms with van der Waals surface area (Å²) in [5.41, 5.74) is 3.00. The highest BCUT2D eigenvalue weighted by Crippen LogP contribution is 2.33. The molecule has 0 spiro atoms. The van der Waals surface area contributed by atoms with E-state index in [0.29, 0.717) is 29.3 Å². The summed E-state index contributed by atoms with van der Waals surface area (Å²) in [6.45, 7) is 0.340. The van der Waals surface area contributed by atoms with Crippen LogP contribution in [0, 0.1) is 11.3 Å². The molecule has 1 amide bonds.